The molecule has 26 heavy (non-hydrogen) atoms. The third kappa shape index (κ3) is 3.99. The van der Waals surface area contributed by atoms with E-state index in [0.717, 1.165) is 29.1 Å². The van der Waals surface area contributed by atoms with Gasteiger partial charge in [0.15, 0.2) is 0 Å². The van der Waals surface area contributed by atoms with Gasteiger partial charge in [-0.1, -0.05) is 18.2 Å². The van der Waals surface area contributed by atoms with Crippen molar-refractivity contribution in [3.8, 4) is 0 Å². The Labute approximate surface area is 154 Å². The smallest absolute Gasteiger partial charge is 0.246 e. The molecule has 3 aromatic rings. The van der Waals surface area contributed by atoms with Crippen LogP contribution in [0, 0.1) is 20.8 Å². The molecule has 0 radical (unpaired) electrons. The summed E-state index contributed by atoms with van der Waals surface area (Å²) >= 11 is 0. The predicted octanol–water partition coefficient (Wildman–Crippen LogP) is 3.48. The fourth-order valence-corrected chi connectivity index (χ4v) is 3.18. The number of hydrogen-bond donors (Lipinski definition) is 0. The molecule has 0 saturated carbocycles. The molecular weight excluding hydrogens is 324 g/mol. The van der Waals surface area contributed by atoms with Gasteiger partial charge in [0, 0.05) is 37.0 Å². The maximum absolute atomic E-state index is 13.2. The molecular formula is C21H24N4O. The van der Waals surface area contributed by atoms with Crippen molar-refractivity contribution in [2.45, 2.75) is 33.7 Å². The van der Waals surface area contributed by atoms with Crippen LogP contribution in [0.3, 0.4) is 0 Å². The highest BCUT2D eigenvalue weighted by Gasteiger charge is 2.20. The second-order valence-corrected chi connectivity index (χ2v) is 6.49. The average molecular weight is 348 g/mol. The molecule has 0 unspecified atom stereocenters. The molecule has 0 fully saturated rings. The molecule has 0 saturated heterocycles. The van der Waals surface area contributed by atoms with Gasteiger partial charge in [0.1, 0.15) is 12.4 Å². The van der Waals surface area contributed by atoms with Crippen LogP contribution in [0.15, 0.2) is 55.1 Å². The van der Waals surface area contributed by atoms with E-state index < -0.39 is 0 Å². The number of benzene rings is 1. The van der Waals surface area contributed by atoms with Gasteiger partial charge >= 0.3 is 0 Å². The molecule has 134 valence electrons. The van der Waals surface area contributed by atoms with Gasteiger partial charge in [-0.25, -0.2) is 4.98 Å². The maximum atomic E-state index is 13.2. The zero-order valence-electron chi connectivity index (χ0n) is 15.5. The van der Waals surface area contributed by atoms with Gasteiger partial charge in [0.05, 0.1) is 0 Å². The van der Waals surface area contributed by atoms with Gasteiger partial charge in [0.2, 0.25) is 5.91 Å². The minimum atomic E-state index is 0.0672. The van der Waals surface area contributed by atoms with Crippen molar-refractivity contribution in [3.63, 3.8) is 0 Å². The molecule has 3 rings (SSSR count). The van der Waals surface area contributed by atoms with E-state index in [2.05, 4.69) is 35.9 Å². The first-order valence-corrected chi connectivity index (χ1v) is 8.79. The minimum Gasteiger partial charge on any atom is -0.326 e. The van der Waals surface area contributed by atoms with Gasteiger partial charge in [0.25, 0.3) is 0 Å². The Hall–Kier alpha value is -2.95. The first-order valence-electron chi connectivity index (χ1n) is 8.79. The second-order valence-electron chi connectivity index (χ2n) is 6.49. The van der Waals surface area contributed by atoms with Crippen molar-refractivity contribution in [3.05, 3.63) is 77.6 Å². The van der Waals surface area contributed by atoms with E-state index >= 15 is 0 Å². The van der Waals surface area contributed by atoms with Gasteiger partial charge in [-0.05, 0) is 56.0 Å². The molecule has 0 aliphatic carbocycles. The van der Waals surface area contributed by atoms with Crippen LogP contribution >= 0.6 is 0 Å². The van der Waals surface area contributed by atoms with Crippen LogP contribution in [0.1, 0.15) is 22.5 Å². The summed E-state index contributed by atoms with van der Waals surface area (Å²) in [6, 6.07) is 10.1. The number of aryl methyl sites for hydroxylation is 3. The number of hydrogen-bond acceptors (Lipinski definition) is 3. The van der Waals surface area contributed by atoms with Crippen LogP contribution in [0.25, 0.3) is 0 Å². The van der Waals surface area contributed by atoms with Gasteiger partial charge < -0.3 is 9.47 Å². The zero-order chi connectivity index (χ0) is 18.5. The zero-order valence-corrected chi connectivity index (χ0v) is 15.5. The average Bonchev–Trinajstić information content (AvgIpc) is 3.03. The van der Waals surface area contributed by atoms with E-state index in [9.17, 15) is 4.79 Å². The Balaban J connectivity index is 1.88. The van der Waals surface area contributed by atoms with Crippen molar-refractivity contribution in [1.29, 1.82) is 0 Å². The van der Waals surface area contributed by atoms with Crippen LogP contribution in [0.4, 0.5) is 5.69 Å². The number of rotatable bonds is 6. The monoisotopic (exact) mass is 348 g/mol. The fourth-order valence-electron chi connectivity index (χ4n) is 3.18. The molecule has 0 spiro atoms. The summed E-state index contributed by atoms with van der Waals surface area (Å²) in [6.07, 6.45) is 7.93. The lowest BCUT2D eigenvalue weighted by Gasteiger charge is -2.27. The largest absolute Gasteiger partial charge is 0.326 e. The van der Waals surface area contributed by atoms with Crippen LogP contribution in [-0.4, -0.2) is 27.0 Å². The van der Waals surface area contributed by atoms with Crippen molar-refractivity contribution in [2.24, 2.45) is 0 Å². The first kappa shape index (κ1) is 17.9. The fraction of sp³-hybridized carbons (Fsp3) is 0.286. The summed E-state index contributed by atoms with van der Waals surface area (Å²) in [5.41, 5.74) is 4.39. The molecule has 1 amide bonds. The summed E-state index contributed by atoms with van der Waals surface area (Å²) in [5.74, 6) is 0.909. The quantitative estimate of drug-likeness (QED) is 0.685. The number of carbonyl (C=O) groups excluding carboxylic acids is 1. The molecule has 0 aliphatic heterocycles. The SMILES string of the molecule is Cc1cccc(C)c1N(CCc1ccncc1)C(=O)Cn1ccnc1C. The van der Waals surface area contributed by atoms with E-state index in [-0.39, 0.29) is 12.5 Å². The lowest BCUT2D eigenvalue weighted by molar-refractivity contribution is -0.119. The number of pyridine rings is 1. The normalized spacial score (nSPS) is 10.7. The molecule has 0 N–H and O–H groups in total. The number of anilines is 1. The topological polar surface area (TPSA) is 51.0 Å². The summed E-state index contributed by atoms with van der Waals surface area (Å²) in [4.78, 5) is 23.3. The van der Waals surface area contributed by atoms with E-state index in [4.69, 9.17) is 0 Å². The molecule has 5 nitrogen and oxygen atoms in total. The van der Waals surface area contributed by atoms with Gasteiger partial charge in [-0.15, -0.1) is 0 Å². The lowest BCUT2D eigenvalue weighted by atomic mass is 10.1. The highest BCUT2D eigenvalue weighted by molar-refractivity contribution is 5.94. The Kier molecular flexibility index (Phi) is 5.46. The number of imidazole rings is 1. The highest BCUT2D eigenvalue weighted by Crippen LogP contribution is 2.25. The first-order chi connectivity index (χ1) is 12.6. The number of amides is 1. The number of carbonyl (C=O) groups is 1. The summed E-state index contributed by atoms with van der Waals surface area (Å²) in [7, 11) is 0. The van der Waals surface area contributed by atoms with Crippen LogP contribution in [0.5, 0.6) is 0 Å². The highest BCUT2D eigenvalue weighted by atomic mass is 16.2. The van der Waals surface area contributed by atoms with E-state index in [1.807, 2.05) is 40.8 Å². The van der Waals surface area contributed by atoms with Crippen LogP contribution in [0.2, 0.25) is 0 Å². The minimum absolute atomic E-state index is 0.0672. The molecule has 0 bridgehead atoms. The van der Waals surface area contributed by atoms with Gasteiger partial charge in [-0.3, -0.25) is 9.78 Å². The molecule has 1 aromatic carbocycles. The Morgan fingerprint density at radius 1 is 1.04 bits per heavy atom. The van der Waals surface area contributed by atoms with Crippen LogP contribution < -0.4 is 4.90 Å². The third-order valence-corrected chi connectivity index (χ3v) is 4.61. The van der Waals surface area contributed by atoms with E-state index in [1.165, 1.54) is 5.56 Å². The number of para-hydroxylation sites is 1. The summed E-state index contributed by atoms with van der Waals surface area (Å²) in [5, 5.41) is 0. The predicted molar refractivity (Wildman–Crippen MR) is 103 cm³/mol. The maximum Gasteiger partial charge on any atom is 0.246 e. The van der Waals surface area contributed by atoms with Crippen molar-refractivity contribution >= 4 is 11.6 Å². The molecule has 2 aromatic heterocycles. The van der Waals surface area contributed by atoms with Crippen molar-refractivity contribution < 1.29 is 4.79 Å². The van der Waals surface area contributed by atoms with Crippen molar-refractivity contribution in [2.75, 3.05) is 11.4 Å². The Morgan fingerprint density at radius 3 is 2.35 bits per heavy atom. The van der Waals surface area contributed by atoms with Crippen LogP contribution in [-0.2, 0) is 17.8 Å². The standard InChI is InChI=1S/C21H24N4O/c1-16-5-4-6-17(2)21(16)25(13-9-19-7-10-22-11-8-19)20(26)15-24-14-12-23-18(24)3/h4-8,10-12,14H,9,13,15H2,1-3H3. The number of nitrogens with zero attached hydrogens (tertiary/aromatic N) is 4. The lowest BCUT2D eigenvalue weighted by Crippen LogP contribution is -2.36. The molecule has 2 heterocycles. The molecule has 5 heteroatoms. The molecule has 0 aliphatic rings. The van der Waals surface area contributed by atoms with Crippen molar-refractivity contribution in [1.82, 2.24) is 14.5 Å². The number of aromatic nitrogens is 3. The van der Waals surface area contributed by atoms with Gasteiger partial charge in [-0.2, -0.15) is 0 Å². The summed E-state index contributed by atoms with van der Waals surface area (Å²) in [6.45, 7) is 6.93. The Morgan fingerprint density at radius 2 is 1.73 bits per heavy atom. The van der Waals surface area contributed by atoms with E-state index in [0.29, 0.717) is 6.54 Å². The second kappa shape index (κ2) is 7.95. The molecule has 0 atom stereocenters. The third-order valence-electron chi connectivity index (χ3n) is 4.61. The Bertz CT molecular complexity index is 866. The van der Waals surface area contributed by atoms with E-state index in [1.54, 1.807) is 18.6 Å². The summed E-state index contributed by atoms with van der Waals surface area (Å²) < 4.78 is 1.88.